The van der Waals surface area contributed by atoms with Gasteiger partial charge in [-0.15, -0.1) is 0 Å². The number of amides is 1. The van der Waals surface area contributed by atoms with Crippen molar-refractivity contribution in [2.75, 3.05) is 0 Å². The van der Waals surface area contributed by atoms with Crippen molar-refractivity contribution in [1.29, 1.82) is 0 Å². The standard InChI is InChI=1S/C9H11F2N3O/c1-6(9(2,10)11)14-8(15)7-3-4-12-5-13-7/h3-6H,1-2H3,(H,14,15)/t6-/m1/s1. The summed E-state index contributed by atoms with van der Waals surface area (Å²) in [6.07, 6.45) is 2.56. The first kappa shape index (κ1) is 11.5. The van der Waals surface area contributed by atoms with Gasteiger partial charge in [-0.3, -0.25) is 4.79 Å². The Balaban J connectivity index is 2.65. The van der Waals surface area contributed by atoms with Crippen LogP contribution in [-0.4, -0.2) is 27.8 Å². The quantitative estimate of drug-likeness (QED) is 0.825. The van der Waals surface area contributed by atoms with Crippen LogP contribution < -0.4 is 5.32 Å². The third-order valence-electron chi connectivity index (χ3n) is 1.92. The number of halogens is 2. The zero-order valence-corrected chi connectivity index (χ0v) is 8.37. The summed E-state index contributed by atoms with van der Waals surface area (Å²) in [7, 11) is 0. The summed E-state index contributed by atoms with van der Waals surface area (Å²) in [6, 6.07) is 0.121. The van der Waals surface area contributed by atoms with E-state index >= 15 is 0 Å². The molecule has 0 bridgehead atoms. The van der Waals surface area contributed by atoms with Gasteiger partial charge < -0.3 is 5.32 Å². The Morgan fingerprint density at radius 2 is 2.27 bits per heavy atom. The van der Waals surface area contributed by atoms with Crippen molar-refractivity contribution in [3.05, 3.63) is 24.3 Å². The molecule has 0 aliphatic carbocycles. The highest BCUT2D eigenvalue weighted by Crippen LogP contribution is 2.16. The predicted octanol–water partition coefficient (Wildman–Crippen LogP) is 1.25. The van der Waals surface area contributed by atoms with E-state index in [1.54, 1.807) is 0 Å². The molecule has 1 rings (SSSR count). The largest absolute Gasteiger partial charge is 0.342 e. The van der Waals surface area contributed by atoms with Crippen LogP contribution in [0.25, 0.3) is 0 Å². The minimum Gasteiger partial charge on any atom is -0.342 e. The lowest BCUT2D eigenvalue weighted by molar-refractivity contribution is -0.0108. The average molecular weight is 215 g/mol. The lowest BCUT2D eigenvalue weighted by Crippen LogP contribution is -2.44. The molecule has 0 aliphatic rings. The maximum absolute atomic E-state index is 12.7. The first-order valence-corrected chi connectivity index (χ1v) is 4.36. The van der Waals surface area contributed by atoms with E-state index < -0.39 is 17.9 Å². The first-order valence-electron chi connectivity index (χ1n) is 4.36. The highest BCUT2D eigenvalue weighted by molar-refractivity contribution is 5.92. The number of carbonyl (C=O) groups is 1. The van der Waals surface area contributed by atoms with E-state index in [0.717, 1.165) is 6.92 Å². The fourth-order valence-corrected chi connectivity index (χ4v) is 0.822. The Bertz CT molecular complexity index is 337. The van der Waals surface area contributed by atoms with Gasteiger partial charge in [-0.2, -0.15) is 0 Å². The number of nitrogens with one attached hydrogen (secondary N) is 1. The maximum Gasteiger partial charge on any atom is 0.270 e. The van der Waals surface area contributed by atoms with E-state index in [2.05, 4.69) is 15.3 Å². The topological polar surface area (TPSA) is 54.9 Å². The van der Waals surface area contributed by atoms with Crippen LogP contribution in [0.2, 0.25) is 0 Å². The van der Waals surface area contributed by atoms with Crippen LogP contribution in [-0.2, 0) is 0 Å². The van der Waals surface area contributed by atoms with Gasteiger partial charge in [-0.1, -0.05) is 0 Å². The summed E-state index contributed by atoms with van der Waals surface area (Å²) in [5.74, 6) is -3.59. The summed E-state index contributed by atoms with van der Waals surface area (Å²) in [6.45, 7) is 1.98. The smallest absolute Gasteiger partial charge is 0.270 e. The van der Waals surface area contributed by atoms with Crippen molar-refractivity contribution in [3.8, 4) is 0 Å². The predicted molar refractivity (Wildman–Crippen MR) is 49.6 cm³/mol. The van der Waals surface area contributed by atoms with Crippen molar-refractivity contribution in [2.45, 2.75) is 25.8 Å². The number of aromatic nitrogens is 2. The summed E-state index contributed by atoms with van der Waals surface area (Å²) in [4.78, 5) is 18.6. The van der Waals surface area contributed by atoms with Crippen molar-refractivity contribution in [1.82, 2.24) is 15.3 Å². The van der Waals surface area contributed by atoms with Gasteiger partial charge in [0.15, 0.2) is 0 Å². The summed E-state index contributed by atoms with van der Waals surface area (Å²) >= 11 is 0. The molecule has 15 heavy (non-hydrogen) atoms. The van der Waals surface area contributed by atoms with Crippen LogP contribution in [0.1, 0.15) is 24.3 Å². The van der Waals surface area contributed by atoms with Crippen LogP contribution in [0.4, 0.5) is 8.78 Å². The first-order chi connectivity index (χ1) is 6.91. The Kier molecular flexibility index (Phi) is 3.28. The molecule has 1 N–H and O–H groups in total. The Morgan fingerprint density at radius 1 is 1.60 bits per heavy atom. The monoisotopic (exact) mass is 215 g/mol. The van der Waals surface area contributed by atoms with E-state index in [1.165, 1.54) is 25.5 Å². The Hall–Kier alpha value is -1.59. The van der Waals surface area contributed by atoms with Crippen LogP contribution in [0, 0.1) is 0 Å². The van der Waals surface area contributed by atoms with Crippen molar-refractivity contribution < 1.29 is 13.6 Å². The normalized spacial score (nSPS) is 13.3. The van der Waals surface area contributed by atoms with Gasteiger partial charge in [-0.05, 0) is 13.0 Å². The van der Waals surface area contributed by atoms with Crippen LogP contribution in [0.15, 0.2) is 18.6 Å². The Labute approximate surface area is 85.7 Å². The van der Waals surface area contributed by atoms with E-state index in [1.807, 2.05) is 0 Å². The lowest BCUT2D eigenvalue weighted by Gasteiger charge is -2.20. The number of hydrogen-bond donors (Lipinski definition) is 1. The zero-order chi connectivity index (χ0) is 11.5. The molecule has 0 spiro atoms. The molecule has 1 aromatic heterocycles. The fraction of sp³-hybridized carbons (Fsp3) is 0.444. The Morgan fingerprint density at radius 3 is 2.73 bits per heavy atom. The van der Waals surface area contributed by atoms with Crippen LogP contribution in [0.3, 0.4) is 0 Å². The second-order valence-electron chi connectivity index (χ2n) is 3.25. The summed E-state index contributed by atoms with van der Waals surface area (Å²) in [5, 5.41) is 2.16. The molecule has 0 unspecified atom stereocenters. The van der Waals surface area contributed by atoms with E-state index in [4.69, 9.17) is 0 Å². The molecular weight excluding hydrogens is 204 g/mol. The highest BCUT2D eigenvalue weighted by Gasteiger charge is 2.31. The van der Waals surface area contributed by atoms with Gasteiger partial charge >= 0.3 is 0 Å². The van der Waals surface area contributed by atoms with Gasteiger partial charge in [0, 0.05) is 13.1 Å². The zero-order valence-electron chi connectivity index (χ0n) is 8.37. The van der Waals surface area contributed by atoms with Crippen LogP contribution >= 0.6 is 0 Å². The molecule has 1 atom stereocenters. The highest BCUT2D eigenvalue weighted by atomic mass is 19.3. The van der Waals surface area contributed by atoms with E-state index in [0.29, 0.717) is 0 Å². The van der Waals surface area contributed by atoms with Gasteiger partial charge in [0.25, 0.3) is 11.8 Å². The lowest BCUT2D eigenvalue weighted by atomic mass is 10.2. The van der Waals surface area contributed by atoms with Gasteiger partial charge in [0.1, 0.15) is 12.0 Å². The summed E-state index contributed by atoms with van der Waals surface area (Å²) < 4.78 is 25.5. The van der Waals surface area contributed by atoms with Crippen LogP contribution in [0.5, 0.6) is 0 Å². The van der Waals surface area contributed by atoms with E-state index in [9.17, 15) is 13.6 Å². The second kappa shape index (κ2) is 4.29. The minimum absolute atomic E-state index is 0.0705. The fourth-order valence-electron chi connectivity index (χ4n) is 0.822. The molecular formula is C9H11F2N3O. The number of nitrogens with zero attached hydrogens (tertiary/aromatic N) is 2. The molecule has 0 aromatic carbocycles. The molecule has 1 aromatic rings. The minimum atomic E-state index is -2.96. The molecule has 1 amide bonds. The molecule has 0 fully saturated rings. The number of alkyl halides is 2. The molecule has 6 heteroatoms. The third-order valence-corrected chi connectivity index (χ3v) is 1.92. The number of hydrogen-bond acceptors (Lipinski definition) is 3. The molecule has 0 saturated carbocycles. The molecule has 0 radical (unpaired) electrons. The second-order valence-corrected chi connectivity index (χ2v) is 3.25. The van der Waals surface area contributed by atoms with Crippen molar-refractivity contribution in [2.24, 2.45) is 0 Å². The van der Waals surface area contributed by atoms with Gasteiger partial charge in [0.2, 0.25) is 0 Å². The maximum atomic E-state index is 12.7. The number of rotatable bonds is 3. The number of carbonyl (C=O) groups excluding carboxylic acids is 1. The van der Waals surface area contributed by atoms with E-state index in [-0.39, 0.29) is 5.69 Å². The molecule has 4 nitrogen and oxygen atoms in total. The van der Waals surface area contributed by atoms with Crippen molar-refractivity contribution in [3.63, 3.8) is 0 Å². The molecule has 0 saturated heterocycles. The molecule has 82 valence electrons. The SMILES string of the molecule is C[C@@H](NC(=O)c1ccncn1)C(C)(F)F. The summed E-state index contributed by atoms with van der Waals surface area (Å²) in [5.41, 5.74) is 0.0705. The van der Waals surface area contributed by atoms with Gasteiger partial charge in [0.05, 0.1) is 6.04 Å². The average Bonchev–Trinajstić information content (AvgIpc) is 2.17. The van der Waals surface area contributed by atoms with Gasteiger partial charge in [-0.25, -0.2) is 18.7 Å². The molecule has 1 heterocycles. The molecule has 0 aliphatic heterocycles. The van der Waals surface area contributed by atoms with Crippen molar-refractivity contribution >= 4 is 5.91 Å². The third kappa shape index (κ3) is 3.23.